The Labute approximate surface area is 138 Å². The Morgan fingerprint density at radius 3 is 2.57 bits per heavy atom. The van der Waals surface area contributed by atoms with E-state index in [0.717, 1.165) is 11.3 Å². The van der Waals surface area contributed by atoms with Gasteiger partial charge in [0.15, 0.2) is 5.96 Å². The van der Waals surface area contributed by atoms with Crippen molar-refractivity contribution in [3.8, 4) is 0 Å². The van der Waals surface area contributed by atoms with Gasteiger partial charge < -0.3 is 16.2 Å². The molecule has 2 aromatic carbocycles. The number of nitrogens with zero attached hydrogens (tertiary/aromatic N) is 1. The van der Waals surface area contributed by atoms with Crippen molar-refractivity contribution in [2.75, 3.05) is 11.9 Å². The van der Waals surface area contributed by atoms with E-state index in [1.165, 1.54) is 5.56 Å². The minimum Gasteiger partial charge on any atom is -0.391 e. The summed E-state index contributed by atoms with van der Waals surface area (Å²) in [5.41, 5.74) is 9.15. The fraction of sp³-hybridized carbons (Fsp3) is 0.316. The second-order valence-corrected chi connectivity index (χ2v) is 5.97. The maximum Gasteiger partial charge on any atom is 0.193 e. The van der Waals surface area contributed by atoms with Gasteiger partial charge in [-0.25, -0.2) is 0 Å². The summed E-state index contributed by atoms with van der Waals surface area (Å²) in [6.07, 6.45) is 0.0280. The van der Waals surface area contributed by atoms with Crippen LogP contribution in [0.25, 0.3) is 0 Å². The van der Waals surface area contributed by atoms with E-state index < -0.39 is 6.10 Å². The first kappa shape index (κ1) is 17.0. The first-order valence-corrected chi connectivity index (χ1v) is 7.93. The molecule has 4 heteroatoms. The van der Waals surface area contributed by atoms with Crippen LogP contribution in [0, 0.1) is 0 Å². The molecule has 0 radical (unpaired) electrons. The van der Waals surface area contributed by atoms with Gasteiger partial charge in [0.2, 0.25) is 0 Å². The number of benzene rings is 2. The predicted molar refractivity (Wildman–Crippen MR) is 96.8 cm³/mol. The van der Waals surface area contributed by atoms with E-state index in [-0.39, 0.29) is 6.54 Å². The van der Waals surface area contributed by atoms with E-state index >= 15 is 0 Å². The largest absolute Gasteiger partial charge is 0.391 e. The highest BCUT2D eigenvalue weighted by Gasteiger charge is 2.05. The fourth-order valence-electron chi connectivity index (χ4n) is 2.32. The van der Waals surface area contributed by atoms with Crippen LogP contribution in [0.4, 0.5) is 5.69 Å². The summed E-state index contributed by atoms with van der Waals surface area (Å²) >= 11 is 0. The second-order valence-electron chi connectivity index (χ2n) is 5.97. The quantitative estimate of drug-likeness (QED) is 0.567. The molecule has 4 N–H and O–H groups in total. The summed E-state index contributed by atoms with van der Waals surface area (Å²) in [7, 11) is 0. The number of aliphatic imine (C=N–C) groups is 1. The van der Waals surface area contributed by atoms with Gasteiger partial charge in [-0.2, -0.15) is 0 Å². The number of anilines is 1. The standard InChI is InChI=1S/C19H25N3O/c1-14(2)16-9-6-10-17(12-16)22-19(20)21-13-18(23)11-15-7-4-3-5-8-15/h3-10,12,14,18,23H,11,13H2,1-2H3,(H3,20,21,22). The van der Waals surface area contributed by atoms with Gasteiger partial charge >= 0.3 is 0 Å². The average molecular weight is 311 g/mol. The highest BCUT2D eigenvalue weighted by Crippen LogP contribution is 2.18. The number of aliphatic hydroxyl groups is 1. The van der Waals surface area contributed by atoms with Crippen molar-refractivity contribution in [2.45, 2.75) is 32.3 Å². The van der Waals surface area contributed by atoms with Crippen LogP contribution in [-0.4, -0.2) is 23.7 Å². The monoisotopic (exact) mass is 311 g/mol. The Balaban J connectivity index is 1.88. The molecule has 0 aliphatic rings. The molecule has 0 fully saturated rings. The van der Waals surface area contributed by atoms with E-state index in [1.54, 1.807) is 0 Å². The van der Waals surface area contributed by atoms with Crippen LogP contribution >= 0.6 is 0 Å². The molecular weight excluding hydrogens is 286 g/mol. The Hall–Kier alpha value is -2.33. The molecule has 1 unspecified atom stereocenters. The molecule has 0 aromatic heterocycles. The summed E-state index contributed by atoms with van der Waals surface area (Å²) in [6, 6.07) is 18.0. The Morgan fingerprint density at radius 1 is 1.13 bits per heavy atom. The SMILES string of the molecule is CC(C)c1cccc(NC(N)=NCC(O)Cc2ccccc2)c1. The molecule has 4 nitrogen and oxygen atoms in total. The zero-order valence-electron chi connectivity index (χ0n) is 13.7. The summed E-state index contributed by atoms with van der Waals surface area (Å²) in [6.45, 7) is 4.57. The van der Waals surface area contributed by atoms with Crippen molar-refractivity contribution in [3.63, 3.8) is 0 Å². The van der Waals surface area contributed by atoms with Gasteiger partial charge in [-0.15, -0.1) is 0 Å². The number of nitrogens with two attached hydrogens (primary N) is 1. The molecule has 1 atom stereocenters. The van der Waals surface area contributed by atoms with Gasteiger partial charge in [0.1, 0.15) is 0 Å². The van der Waals surface area contributed by atoms with Crippen molar-refractivity contribution >= 4 is 11.6 Å². The lowest BCUT2D eigenvalue weighted by Gasteiger charge is -2.11. The van der Waals surface area contributed by atoms with Crippen molar-refractivity contribution < 1.29 is 5.11 Å². The van der Waals surface area contributed by atoms with Gasteiger partial charge in [-0.3, -0.25) is 4.99 Å². The molecule has 122 valence electrons. The minimum absolute atomic E-state index is 0.275. The summed E-state index contributed by atoms with van der Waals surface area (Å²) in [5, 5.41) is 13.1. The van der Waals surface area contributed by atoms with Crippen molar-refractivity contribution in [1.82, 2.24) is 0 Å². The molecule has 2 rings (SSSR count). The molecule has 0 spiro atoms. The van der Waals surface area contributed by atoms with Crippen LogP contribution in [0.15, 0.2) is 59.6 Å². The summed E-state index contributed by atoms with van der Waals surface area (Å²) < 4.78 is 0. The molecule has 0 amide bonds. The third-order valence-corrected chi connectivity index (χ3v) is 3.61. The van der Waals surface area contributed by atoms with Crippen LogP contribution < -0.4 is 11.1 Å². The van der Waals surface area contributed by atoms with Gasteiger partial charge in [0, 0.05) is 12.1 Å². The second kappa shape index (κ2) is 8.34. The maximum absolute atomic E-state index is 10.0. The van der Waals surface area contributed by atoms with Crippen molar-refractivity contribution in [3.05, 3.63) is 65.7 Å². The van der Waals surface area contributed by atoms with Crippen LogP contribution in [0.5, 0.6) is 0 Å². The number of hydrogen-bond acceptors (Lipinski definition) is 2. The Kier molecular flexibility index (Phi) is 6.18. The average Bonchev–Trinajstić information content (AvgIpc) is 2.54. The highest BCUT2D eigenvalue weighted by atomic mass is 16.3. The molecular formula is C19H25N3O. The van der Waals surface area contributed by atoms with Crippen LogP contribution in [0.2, 0.25) is 0 Å². The van der Waals surface area contributed by atoms with E-state index in [0.29, 0.717) is 18.3 Å². The lowest BCUT2D eigenvalue weighted by molar-refractivity contribution is 0.184. The zero-order valence-corrected chi connectivity index (χ0v) is 13.7. The Bertz CT molecular complexity index is 638. The maximum atomic E-state index is 10.0. The van der Waals surface area contributed by atoms with Gasteiger partial charge in [0.05, 0.1) is 12.6 Å². The predicted octanol–water partition coefficient (Wildman–Crippen LogP) is 3.14. The first-order chi connectivity index (χ1) is 11.0. The Morgan fingerprint density at radius 2 is 1.87 bits per heavy atom. The van der Waals surface area contributed by atoms with E-state index in [1.807, 2.05) is 42.5 Å². The minimum atomic E-state index is -0.542. The molecule has 0 heterocycles. The van der Waals surface area contributed by atoms with Gasteiger partial charge in [-0.05, 0) is 29.2 Å². The van der Waals surface area contributed by atoms with Crippen molar-refractivity contribution in [1.29, 1.82) is 0 Å². The molecule has 0 aliphatic heterocycles. The molecule has 0 saturated carbocycles. The number of guanidine groups is 1. The highest BCUT2D eigenvalue weighted by molar-refractivity contribution is 5.92. The fourth-order valence-corrected chi connectivity index (χ4v) is 2.32. The van der Waals surface area contributed by atoms with E-state index in [4.69, 9.17) is 5.73 Å². The number of hydrogen-bond donors (Lipinski definition) is 3. The van der Waals surface area contributed by atoms with Gasteiger partial charge in [0.25, 0.3) is 0 Å². The lowest BCUT2D eigenvalue weighted by atomic mass is 10.0. The third-order valence-electron chi connectivity index (χ3n) is 3.61. The molecule has 0 saturated heterocycles. The normalized spacial score (nSPS) is 13.1. The van der Waals surface area contributed by atoms with Gasteiger partial charge in [-0.1, -0.05) is 56.3 Å². The van der Waals surface area contributed by atoms with Crippen LogP contribution in [0.3, 0.4) is 0 Å². The molecule has 2 aromatic rings. The van der Waals surface area contributed by atoms with E-state index in [2.05, 4.69) is 36.3 Å². The topological polar surface area (TPSA) is 70.6 Å². The smallest absolute Gasteiger partial charge is 0.193 e. The number of rotatable bonds is 6. The molecule has 0 aliphatic carbocycles. The van der Waals surface area contributed by atoms with Crippen LogP contribution in [0.1, 0.15) is 30.9 Å². The van der Waals surface area contributed by atoms with Crippen LogP contribution in [-0.2, 0) is 6.42 Å². The van der Waals surface area contributed by atoms with E-state index in [9.17, 15) is 5.11 Å². The number of aliphatic hydroxyl groups excluding tert-OH is 1. The summed E-state index contributed by atoms with van der Waals surface area (Å²) in [5.74, 6) is 0.778. The molecule has 0 bridgehead atoms. The number of nitrogens with one attached hydrogen (secondary N) is 1. The zero-order chi connectivity index (χ0) is 16.7. The third kappa shape index (κ3) is 5.75. The first-order valence-electron chi connectivity index (χ1n) is 7.93. The lowest BCUT2D eigenvalue weighted by Crippen LogP contribution is -2.25. The molecule has 23 heavy (non-hydrogen) atoms. The van der Waals surface area contributed by atoms with Crippen molar-refractivity contribution in [2.24, 2.45) is 10.7 Å². The summed E-state index contributed by atoms with van der Waals surface area (Å²) in [4.78, 5) is 4.22.